The van der Waals surface area contributed by atoms with E-state index in [4.69, 9.17) is 9.47 Å². The number of benzene rings is 1. The zero-order valence-electron chi connectivity index (χ0n) is 10.2. The molecule has 0 aliphatic rings. The molecule has 0 heterocycles. The number of carbonyl (C=O) groups excluding carboxylic acids is 1. The Bertz CT molecular complexity index is 369. The third-order valence-electron chi connectivity index (χ3n) is 2.53. The standard InChI is InChI=1S/C13H18O3/c1-13(2,16-4)9-12(14)10-6-5-7-11(8-10)15-3/h5-8H,9H2,1-4H3. The number of hydrogen-bond acceptors (Lipinski definition) is 3. The SMILES string of the molecule is COc1cccc(C(=O)CC(C)(C)OC)c1. The number of hydrogen-bond donors (Lipinski definition) is 0. The first kappa shape index (κ1) is 12.7. The van der Waals surface area contributed by atoms with Gasteiger partial charge in [0.05, 0.1) is 12.7 Å². The highest BCUT2D eigenvalue weighted by Crippen LogP contribution is 2.19. The van der Waals surface area contributed by atoms with Gasteiger partial charge in [-0.3, -0.25) is 4.79 Å². The summed E-state index contributed by atoms with van der Waals surface area (Å²) in [7, 11) is 3.20. The minimum absolute atomic E-state index is 0.0609. The molecule has 0 N–H and O–H groups in total. The van der Waals surface area contributed by atoms with Crippen LogP contribution in [0.1, 0.15) is 30.6 Å². The Kier molecular flexibility index (Phi) is 4.07. The molecule has 0 fully saturated rings. The Labute approximate surface area is 96.4 Å². The predicted octanol–water partition coefficient (Wildman–Crippen LogP) is 2.69. The van der Waals surface area contributed by atoms with E-state index in [9.17, 15) is 4.79 Å². The third kappa shape index (κ3) is 3.35. The summed E-state index contributed by atoms with van der Waals surface area (Å²) in [5.74, 6) is 0.756. The molecule has 0 aliphatic heterocycles. The highest BCUT2D eigenvalue weighted by molar-refractivity contribution is 5.97. The van der Waals surface area contributed by atoms with E-state index >= 15 is 0 Å². The number of Topliss-reactive ketones (excluding diaryl/α,β-unsaturated/α-hetero) is 1. The van der Waals surface area contributed by atoms with Crippen molar-refractivity contribution in [2.75, 3.05) is 14.2 Å². The topological polar surface area (TPSA) is 35.5 Å². The molecule has 0 bridgehead atoms. The van der Waals surface area contributed by atoms with E-state index < -0.39 is 5.60 Å². The lowest BCUT2D eigenvalue weighted by molar-refractivity contribution is 0.0172. The van der Waals surface area contributed by atoms with E-state index in [2.05, 4.69) is 0 Å². The van der Waals surface area contributed by atoms with Crippen LogP contribution in [-0.2, 0) is 4.74 Å². The molecule has 1 aromatic rings. The van der Waals surface area contributed by atoms with Crippen molar-refractivity contribution in [3.05, 3.63) is 29.8 Å². The van der Waals surface area contributed by atoms with Gasteiger partial charge in [0.15, 0.2) is 5.78 Å². The maximum Gasteiger partial charge on any atom is 0.165 e. The second-order valence-corrected chi connectivity index (χ2v) is 4.30. The highest BCUT2D eigenvalue weighted by atomic mass is 16.5. The Morgan fingerprint density at radius 1 is 1.31 bits per heavy atom. The molecular weight excluding hydrogens is 204 g/mol. The lowest BCUT2D eigenvalue weighted by atomic mass is 9.97. The molecule has 0 aromatic heterocycles. The Balaban J connectivity index is 2.80. The lowest BCUT2D eigenvalue weighted by Crippen LogP contribution is -2.26. The summed E-state index contributed by atoms with van der Waals surface area (Å²) in [6.07, 6.45) is 0.358. The zero-order chi connectivity index (χ0) is 12.2. The van der Waals surface area contributed by atoms with Crippen LogP contribution in [0.2, 0.25) is 0 Å². The molecule has 0 unspecified atom stereocenters. The number of ether oxygens (including phenoxy) is 2. The van der Waals surface area contributed by atoms with Gasteiger partial charge in [-0.05, 0) is 26.0 Å². The minimum Gasteiger partial charge on any atom is -0.497 e. The van der Waals surface area contributed by atoms with Crippen LogP contribution in [0, 0.1) is 0 Å². The van der Waals surface area contributed by atoms with Crippen molar-refractivity contribution < 1.29 is 14.3 Å². The molecule has 0 saturated carbocycles. The van der Waals surface area contributed by atoms with Crippen LogP contribution in [0.4, 0.5) is 0 Å². The van der Waals surface area contributed by atoms with Gasteiger partial charge in [0.1, 0.15) is 5.75 Å². The molecule has 1 rings (SSSR count). The van der Waals surface area contributed by atoms with Gasteiger partial charge in [0.2, 0.25) is 0 Å². The Hall–Kier alpha value is -1.35. The monoisotopic (exact) mass is 222 g/mol. The molecule has 0 spiro atoms. The first-order chi connectivity index (χ1) is 7.48. The van der Waals surface area contributed by atoms with Gasteiger partial charge in [-0.15, -0.1) is 0 Å². The van der Waals surface area contributed by atoms with Crippen LogP contribution < -0.4 is 4.74 Å². The molecular formula is C13H18O3. The van der Waals surface area contributed by atoms with Crippen LogP contribution in [-0.4, -0.2) is 25.6 Å². The second-order valence-electron chi connectivity index (χ2n) is 4.30. The van der Waals surface area contributed by atoms with Crippen LogP contribution in [0.25, 0.3) is 0 Å². The zero-order valence-corrected chi connectivity index (χ0v) is 10.2. The Morgan fingerprint density at radius 2 is 2.00 bits per heavy atom. The van der Waals surface area contributed by atoms with E-state index in [1.54, 1.807) is 26.4 Å². The van der Waals surface area contributed by atoms with Crippen molar-refractivity contribution in [2.24, 2.45) is 0 Å². The fourth-order valence-electron chi connectivity index (χ4n) is 1.36. The van der Waals surface area contributed by atoms with Gasteiger partial charge < -0.3 is 9.47 Å². The first-order valence-electron chi connectivity index (χ1n) is 5.21. The number of ketones is 1. The van der Waals surface area contributed by atoms with Crippen LogP contribution in [0.5, 0.6) is 5.75 Å². The van der Waals surface area contributed by atoms with Crippen molar-refractivity contribution in [3.63, 3.8) is 0 Å². The summed E-state index contributed by atoms with van der Waals surface area (Å²) in [5.41, 5.74) is 0.227. The van der Waals surface area contributed by atoms with Crippen molar-refractivity contribution in [1.29, 1.82) is 0 Å². The molecule has 3 heteroatoms. The Morgan fingerprint density at radius 3 is 2.56 bits per heavy atom. The van der Waals surface area contributed by atoms with Crippen LogP contribution in [0.15, 0.2) is 24.3 Å². The molecule has 0 atom stereocenters. The quantitative estimate of drug-likeness (QED) is 0.718. The fourth-order valence-corrected chi connectivity index (χ4v) is 1.36. The molecule has 3 nitrogen and oxygen atoms in total. The second kappa shape index (κ2) is 5.12. The van der Waals surface area contributed by atoms with Gasteiger partial charge in [0, 0.05) is 19.1 Å². The normalized spacial score (nSPS) is 11.2. The summed E-state index contributed by atoms with van der Waals surface area (Å²) in [6, 6.07) is 7.16. The molecule has 0 amide bonds. The lowest BCUT2D eigenvalue weighted by Gasteiger charge is -2.21. The maximum atomic E-state index is 12.0. The first-order valence-corrected chi connectivity index (χ1v) is 5.21. The summed E-state index contributed by atoms with van der Waals surface area (Å²) in [5, 5.41) is 0. The fraction of sp³-hybridized carbons (Fsp3) is 0.462. The van der Waals surface area contributed by atoms with Crippen molar-refractivity contribution in [3.8, 4) is 5.75 Å². The van der Waals surface area contributed by atoms with Crippen LogP contribution in [0.3, 0.4) is 0 Å². The molecule has 88 valence electrons. The van der Waals surface area contributed by atoms with E-state index in [1.165, 1.54) is 0 Å². The van der Waals surface area contributed by atoms with E-state index in [-0.39, 0.29) is 5.78 Å². The highest BCUT2D eigenvalue weighted by Gasteiger charge is 2.22. The van der Waals surface area contributed by atoms with Gasteiger partial charge in [-0.25, -0.2) is 0 Å². The minimum atomic E-state index is -0.430. The van der Waals surface area contributed by atoms with Crippen LogP contribution >= 0.6 is 0 Å². The van der Waals surface area contributed by atoms with Gasteiger partial charge in [-0.1, -0.05) is 12.1 Å². The van der Waals surface area contributed by atoms with Gasteiger partial charge >= 0.3 is 0 Å². The molecule has 0 aliphatic carbocycles. The number of carbonyl (C=O) groups is 1. The molecule has 16 heavy (non-hydrogen) atoms. The molecule has 0 saturated heterocycles. The largest absolute Gasteiger partial charge is 0.497 e. The molecule has 1 aromatic carbocycles. The third-order valence-corrected chi connectivity index (χ3v) is 2.53. The van der Waals surface area contributed by atoms with Crippen molar-refractivity contribution in [1.82, 2.24) is 0 Å². The van der Waals surface area contributed by atoms with Gasteiger partial charge in [0.25, 0.3) is 0 Å². The summed E-state index contributed by atoms with van der Waals surface area (Å²) < 4.78 is 10.3. The predicted molar refractivity (Wildman–Crippen MR) is 63.0 cm³/mol. The number of rotatable bonds is 5. The average molecular weight is 222 g/mol. The average Bonchev–Trinajstić information content (AvgIpc) is 2.28. The maximum absolute atomic E-state index is 12.0. The van der Waals surface area contributed by atoms with Crippen molar-refractivity contribution in [2.45, 2.75) is 25.9 Å². The van der Waals surface area contributed by atoms with Crippen molar-refractivity contribution >= 4 is 5.78 Å². The smallest absolute Gasteiger partial charge is 0.165 e. The molecule has 0 radical (unpaired) electrons. The summed E-state index contributed by atoms with van der Waals surface area (Å²) in [4.78, 5) is 12.0. The van der Waals surface area contributed by atoms with E-state index in [1.807, 2.05) is 26.0 Å². The summed E-state index contributed by atoms with van der Waals surface area (Å²) in [6.45, 7) is 3.79. The van der Waals surface area contributed by atoms with E-state index in [0.717, 1.165) is 0 Å². The summed E-state index contributed by atoms with van der Waals surface area (Å²) >= 11 is 0. The van der Waals surface area contributed by atoms with Gasteiger partial charge in [-0.2, -0.15) is 0 Å². The number of methoxy groups -OCH3 is 2. The van der Waals surface area contributed by atoms with E-state index in [0.29, 0.717) is 17.7 Å².